The van der Waals surface area contributed by atoms with Crippen LogP contribution in [0.25, 0.3) is 0 Å². The van der Waals surface area contributed by atoms with Crippen LogP contribution < -0.4 is 0 Å². The Morgan fingerprint density at radius 2 is 1.71 bits per heavy atom. The zero-order valence-electron chi connectivity index (χ0n) is 13.9. The molecule has 1 atom stereocenters. The number of urea groups is 1. The standard InChI is InChI=1S/C16H18N5O3/c1-18(2)15-17-12-11(14(23)20(4)16(24)19(12)3)21(15)13(22)10-8-6-5-7-9-10/h5-9,11H,1-4H3/q+1. The topological polar surface area (TPSA) is 76.3 Å². The Bertz CT molecular complexity index is 795. The van der Waals surface area contributed by atoms with E-state index in [-0.39, 0.29) is 11.7 Å². The molecule has 0 aromatic heterocycles. The van der Waals surface area contributed by atoms with Crippen LogP contribution >= 0.6 is 0 Å². The number of benzene rings is 1. The van der Waals surface area contributed by atoms with Gasteiger partial charge in [-0.25, -0.2) is 4.79 Å². The molecule has 0 N–H and O–H groups in total. The summed E-state index contributed by atoms with van der Waals surface area (Å²) in [5.74, 6) is -0.228. The molecule has 0 saturated carbocycles. The van der Waals surface area contributed by atoms with Gasteiger partial charge in [-0.1, -0.05) is 23.2 Å². The molecule has 8 heteroatoms. The molecule has 2 heterocycles. The van der Waals surface area contributed by atoms with E-state index in [1.807, 2.05) is 6.07 Å². The van der Waals surface area contributed by atoms with E-state index in [0.717, 1.165) is 4.90 Å². The van der Waals surface area contributed by atoms with Crippen molar-refractivity contribution in [3.63, 3.8) is 0 Å². The summed E-state index contributed by atoms with van der Waals surface area (Å²) < 4.78 is 1.65. The number of nitrogens with zero attached hydrogens (tertiary/aromatic N) is 5. The van der Waals surface area contributed by atoms with Crippen molar-refractivity contribution in [2.24, 2.45) is 4.99 Å². The molecule has 4 amide bonds. The third kappa shape index (κ3) is 2.18. The number of amides is 4. The summed E-state index contributed by atoms with van der Waals surface area (Å²) in [7, 11) is 6.41. The molecule has 3 rings (SSSR count). The fourth-order valence-electron chi connectivity index (χ4n) is 2.77. The van der Waals surface area contributed by atoms with Crippen molar-refractivity contribution in [3.8, 4) is 0 Å². The van der Waals surface area contributed by atoms with Gasteiger partial charge in [-0.2, -0.15) is 4.90 Å². The molecule has 2 aliphatic heterocycles. The van der Waals surface area contributed by atoms with Gasteiger partial charge in [0, 0.05) is 14.1 Å². The quantitative estimate of drug-likeness (QED) is 0.684. The van der Waals surface area contributed by atoms with E-state index >= 15 is 0 Å². The molecule has 1 aromatic rings. The highest BCUT2D eigenvalue weighted by molar-refractivity contribution is 6.29. The number of amidine groups is 1. The molecule has 0 bridgehead atoms. The minimum absolute atomic E-state index is 0.260. The fraction of sp³-hybridized carbons (Fsp3) is 0.312. The summed E-state index contributed by atoms with van der Waals surface area (Å²) >= 11 is 0. The molecule has 0 spiro atoms. The maximum absolute atomic E-state index is 13.0. The summed E-state index contributed by atoms with van der Waals surface area (Å²) in [5.41, 5.74) is 0.448. The number of rotatable bonds is 1. The van der Waals surface area contributed by atoms with Crippen LogP contribution in [0.1, 0.15) is 10.4 Å². The van der Waals surface area contributed by atoms with E-state index in [0.29, 0.717) is 11.5 Å². The monoisotopic (exact) mass is 328 g/mol. The highest BCUT2D eigenvalue weighted by atomic mass is 16.2. The second-order valence-corrected chi connectivity index (χ2v) is 5.85. The van der Waals surface area contributed by atoms with Gasteiger partial charge < -0.3 is 0 Å². The number of guanidine groups is 1. The Labute approximate surface area is 139 Å². The molecule has 2 aliphatic rings. The van der Waals surface area contributed by atoms with Gasteiger partial charge in [0.25, 0.3) is 5.91 Å². The van der Waals surface area contributed by atoms with Gasteiger partial charge in [-0.15, -0.1) is 0 Å². The summed E-state index contributed by atoms with van der Waals surface area (Å²) in [5, 5.41) is 0. The Kier molecular flexibility index (Phi) is 3.67. The Balaban J connectivity index is 2.12. The fourth-order valence-corrected chi connectivity index (χ4v) is 2.77. The number of hydrogen-bond donors (Lipinski definition) is 0. The number of imide groups is 1. The molecule has 124 valence electrons. The predicted octanol–water partition coefficient (Wildman–Crippen LogP) is 0.0614. The van der Waals surface area contributed by atoms with E-state index in [1.54, 1.807) is 50.0 Å². The Morgan fingerprint density at radius 1 is 1.08 bits per heavy atom. The highest BCUT2D eigenvalue weighted by Gasteiger charge is 2.57. The van der Waals surface area contributed by atoms with Crippen molar-refractivity contribution in [3.05, 3.63) is 35.9 Å². The van der Waals surface area contributed by atoms with Crippen LogP contribution in [0.15, 0.2) is 35.3 Å². The van der Waals surface area contributed by atoms with Gasteiger partial charge in [0.15, 0.2) is 0 Å². The predicted molar refractivity (Wildman–Crippen MR) is 86.9 cm³/mol. The normalized spacial score (nSPS) is 20.3. The molecular weight excluding hydrogens is 310 g/mol. The first kappa shape index (κ1) is 15.9. The second kappa shape index (κ2) is 5.55. The van der Waals surface area contributed by atoms with Crippen molar-refractivity contribution >= 4 is 29.6 Å². The number of likely N-dealkylation sites (N-methyl/N-ethyl adjacent to an activating group) is 2. The molecule has 0 radical (unpaired) electrons. The number of fused-ring (bicyclic) bond motifs is 1. The second-order valence-electron chi connectivity index (χ2n) is 5.85. The third-order valence-electron chi connectivity index (χ3n) is 4.05. The third-order valence-corrected chi connectivity index (χ3v) is 4.05. The van der Waals surface area contributed by atoms with Gasteiger partial charge in [-0.05, 0) is 12.1 Å². The molecule has 1 aromatic carbocycles. The smallest absolute Gasteiger partial charge is 0.270 e. The maximum Gasteiger partial charge on any atom is 0.399 e. The summed E-state index contributed by atoms with van der Waals surface area (Å²) in [6, 6.07) is 7.27. The lowest BCUT2D eigenvalue weighted by Gasteiger charge is -2.32. The summed E-state index contributed by atoms with van der Waals surface area (Å²) in [6.07, 6.45) is 0. The largest absolute Gasteiger partial charge is 0.399 e. The first-order valence-electron chi connectivity index (χ1n) is 7.41. The lowest BCUT2D eigenvalue weighted by Crippen LogP contribution is -2.63. The minimum atomic E-state index is -0.942. The van der Waals surface area contributed by atoms with Crippen LogP contribution in [-0.2, 0) is 4.79 Å². The first-order chi connectivity index (χ1) is 11.3. The average molecular weight is 328 g/mol. The number of aliphatic imine (C=N–C) groups is 1. The van der Waals surface area contributed by atoms with Gasteiger partial charge in [0.2, 0.25) is 11.9 Å². The summed E-state index contributed by atoms with van der Waals surface area (Å²) in [6.45, 7) is 0. The van der Waals surface area contributed by atoms with Gasteiger partial charge in [-0.3, -0.25) is 24.0 Å². The van der Waals surface area contributed by atoms with Gasteiger partial charge in [0.1, 0.15) is 0 Å². The lowest BCUT2D eigenvalue weighted by atomic mass is 10.1. The van der Waals surface area contributed by atoms with Crippen LogP contribution in [0.2, 0.25) is 0 Å². The van der Waals surface area contributed by atoms with Crippen molar-refractivity contribution in [1.29, 1.82) is 0 Å². The van der Waals surface area contributed by atoms with E-state index < -0.39 is 18.0 Å². The number of carbonyl (C=O) groups is 3. The van der Waals surface area contributed by atoms with Crippen LogP contribution in [0.3, 0.4) is 0 Å². The first-order valence-corrected chi connectivity index (χ1v) is 7.41. The number of carbonyl (C=O) groups excluding carboxylic acids is 3. The van der Waals surface area contributed by atoms with Gasteiger partial charge >= 0.3 is 17.9 Å². The SMILES string of the molecule is CN1C(=O)C2C(=NC(=[N+](C)C)N2C(=O)c2ccccc2)N(C)C1=O. The summed E-state index contributed by atoms with van der Waals surface area (Å²) in [4.78, 5) is 45.8. The van der Waals surface area contributed by atoms with E-state index in [2.05, 4.69) is 4.99 Å². The molecule has 1 saturated heterocycles. The van der Waals surface area contributed by atoms with Crippen molar-refractivity contribution in [2.45, 2.75) is 6.04 Å². The Hall–Kier alpha value is -3.03. The molecular formula is C16H18N5O3+. The zero-order chi connectivity index (χ0) is 17.6. The van der Waals surface area contributed by atoms with Crippen molar-refractivity contribution in [1.82, 2.24) is 14.7 Å². The van der Waals surface area contributed by atoms with Crippen LogP contribution in [0.5, 0.6) is 0 Å². The van der Waals surface area contributed by atoms with E-state index in [1.165, 1.54) is 16.8 Å². The highest BCUT2D eigenvalue weighted by Crippen LogP contribution is 2.24. The van der Waals surface area contributed by atoms with E-state index in [4.69, 9.17) is 0 Å². The Morgan fingerprint density at radius 3 is 2.29 bits per heavy atom. The number of hydrogen-bond acceptors (Lipinski definition) is 3. The molecule has 8 nitrogen and oxygen atoms in total. The van der Waals surface area contributed by atoms with Crippen LogP contribution in [-0.4, -0.2) is 83.1 Å². The van der Waals surface area contributed by atoms with E-state index in [9.17, 15) is 14.4 Å². The zero-order valence-corrected chi connectivity index (χ0v) is 13.9. The van der Waals surface area contributed by atoms with Crippen molar-refractivity contribution in [2.75, 3.05) is 28.2 Å². The molecule has 0 aliphatic carbocycles. The maximum atomic E-state index is 13.0. The molecule has 1 unspecified atom stereocenters. The van der Waals surface area contributed by atoms with Gasteiger partial charge in [0.05, 0.1) is 19.7 Å². The molecule has 24 heavy (non-hydrogen) atoms. The average Bonchev–Trinajstić information content (AvgIpc) is 2.99. The minimum Gasteiger partial charge on any atom is -0.270 e. The lowest BCUT2D eigenvalue weighted by molar-refractivity contribution is -0.469. The molecule has 1 fully saturated rings. The van der Waals surface area contributed by atoms with Crippen LogP contribution in [0, 0.1) is 0 Å². The van der Waals surface area contributed by atoms with Crippen molar-refractivity contribution < 1.29 is 19.0 Å². The van der Waals surface area contributed by atoms with Crippen LogP contribution in [0.4, 0.5) is 4.79 Å².